The fourth-order valence-electron chi connectivity index (χ4n) is 3.55. The maximum absolute atomic E-state index is 13.0. The molecular formula is C18H21N3O2. The van der Waals surface area contributed by atoms with Gasteiger partial charge in [0.25, 0.3) is 5.91 Å². The standard InChI is InChI=1S/C18H21N3O2/c22-18(14-5-6-15-12-23-13-16(15)10-14)21-9-2-1-4-17(21)11-20-8-3-7-19-20/h3,5-8,10,17H,1-2,4,9,11-13H2. The normalized spacial score (nSPS) is 20.5. The molecule has 2 aromatic rings. The first kappa shape index (κ1) is 14.5. The first-order valence-electron chi connectivity index (χ1n) is 8.29. The van der Waals surface area contributed by atoms with Crippen molar-refractivity contribution in [3.63, 3.8) is 0 Å². The summed E-state index contributed by atoms with van der Waals surface area (Å²) in [5.74, 6) is 0.136. The summed E-state index contributed by atoms with van der Waals surface area (Å²) in [5, 5.41) is 4.29. The molecule has 23 heavy (non-hydrogen) atoms. The van der Waals surface area contributed by atoms with Crippen LogP contribution in [0.1, 0.15) is 40.7 Å². The Balaban J connectivity index is 1.55. The molecule has 0 bridgehead atoms. The predicted octanol–water partition coefficient (Wildman–Crippen LogP) is 2.61. The van der Waals surface area contributed by atoms with E-state index in [0.717, 1.165) is 37.1 Å². The van der Waals surface area contributed by atoms with Gasteiger partial charge in [-0.1, -0.05) is 6.07 Å². The second-order valence-corrected chi connectivity index (χ2v) is 6.35. The second kappa shape index (κ2) is 6.16. The largest absolute Gasteiger partial charge is 0.372 e. The highest BCUT2D eigenvalue weighted by atomic mass is 16.5. The van der Waals surface area contributed by atoms with Gasteiger partial charge in [0.2, 0.25) is 0 Å². The van der Waals surface area contributed by atoms with Gasteiger partial charge in [-0.15, -0.1) is 0 Å². The van der Waals surface area contributed by atoms with Crippen molar-refractivity contribution in [3.05, 3.63) is 53.3 Å². The number of hydrogen-bond acceptors (Lipinski definition) is 3. The maximum atomic E-state index is 13.0. The van der Waals surface area contributed by atoms with E-state index < -0.39 is 0 Å². The van der Waals surface area contributed by atoms with Crippen LogP contribution in [0.25, 0.3) is 0 Å². The fraction of sp³-hybridized carbons (Fsp3) is 0.444. The lowest BCUT2D eigenvalue weighted by Crippen LogP contribution is -2.46. The van der Waals surface area contributed by atoms with E-state index in [1.807, 2.05) is 40.0 Å². The van der Waals surface area contributed by atoms with Crippen LogP contribution in [0.3, 0.4) is 0 Å². The molecule has 1 atom stereocenters. The van der Waals surface area contributed by atoms with Crippen LogP contribution in [0.2, 0.25) is 0 Å². The van der Waals surface area contributed by atoms with E-state index in [0.29, 0.717) is 13.2 Å². The van der Waals surface area contributed by atoms with Crippen LogP contribution in [0.5, 0.6) is 0 Å². The summed E-state index contributed by atoms with van der Waals surface area (Å²) in [7, 11) is 0. The molecule has 1 aromatic heterocycles. The van der Waals surface area contributed by atoms with Crippen LogP contribution >= 0.6 is 0 Å². The Kier molecular flexibility index (Phi) is 3.87. The number of hydrogen-bond donors (Lipinski definition) is 0. The Hall–Kier alpha value is -2.14. The van der Waals surface area contributed by atoms with Crippen molar-refractivity contribution in [3.8, 4) is 0 Å². The Morgan fingerprint density at radius 3 is 3.04 bits per heavy atom. The molecule has 1 aromatic carbocycles. The van der Waals surface area contributed by atoms with Crippen LogP contribution in [-0.2, 0) is 24.5 Å². The van der Waals surface area contributed by atoms with Crippen molar-refractivity contribution in [1.29, 1.82) is 0 Å². The molecule has 0 N–H and O–H groups in total. The molecule has 3 heterocycles. The number of carbonyl (C=O) groups excluding carboxylic acids is 1. The number of nitrogens with zero attached hydrogens (tertiary/aromatic N) is 3. The number of rotatable bonds is 3. The van der Waals surface area contributed by atoms with Crippen LogP contribution in [0, 0.1) is 0 Å². The predicted molar refractivity (Wildman–Crippen MR) is 85.8 cm³/mol. The van der Waals surface area contributed by atoms with Gasteiger partial charge in [0.15, 0.2) is 0 Å². The Labute approximate surface area is 135 Å². The molecule has 1 saturated heterocycles. The van der Waals surface area contributed by atoms with Gasteiger partial charge in [0.05, 0.1) is 25.8 Å². The summed E-state index contributed by atoms with van der Waals surface area (Å²) < 4.78 is 7.37. The van der Waals surface area contributed by atoms with Gasteiger partial charge in [-0.2, -0.15) is 5.10 Å². The molecule has 2 aliphatic heterocycles. The minimum Gasteiger partial charge on any atom is -0.372 e. The molecule has 5 nitrogen and oxygen atoms in total. The first-order chi connectivity index (χ1) is 11.3. The van der Waals surface area contributed by atoms with Crippen molar-refractivity contribution >= 4 is 5.91 Å². The van der Waals surface area contributed by atoms with Gasteiger partial charge in [0, 0.05) is 24.5 Å². The number of piperidine rings is 1. The number of ether oxygens (including phenoxy) is 1. The average Bonchev–Trinajstić information content (AvgIpc) is 3.25. The third kappa shape index (κ3) is 2.88. The first-order valence-corrected chi connectivity index (χ1v) is 8.29. The molecule has 4 rings (SSSR count). The molecule has 0 saturated carbocycles. The summed E-state index contributed by atoms with van der Waals surface area (Å²) >= 11 is 0. The zero-order chi connectivity index (χ0) is 15.6. The van der Waals surface area contributed by atoms with Gasteiger partial charge in [-0.05, 0) is 48.6 Å². The Morgan fingerprint density at radius 2 is 2.17 bits per heavy atom. The van der Waals surface area contributed by atoms with Gasteiger partial charge in [-0.25, -0.2) is 0 Å². The van der Waals surface area contributed by atoms with Crippen LogP contribution < -0.4 is 0 Å². The summed E-state index contributed by atoms with van der Waals surface area (Å²) in [6.45, 7) is 2.88. The minimum atomic E-state index is 0.136. The van der Waals surface area contributed by atoms with E-state index in [2.05, 4.69) is 5.10 Å². The molecule has 0 spiro atoms. The van der Waals surface area contributed by atoms with Crippen LogP contribution in [0.15, 0.2) is 36.7 Å². The fourth-order valence-corrected chi connectivity index (χ4v) is 3.55. The lowest BCUT2D eigenvalue weighted by molar-refractivity contribution is 0.0583. The monoisotopic (exact) mass is 311 g/mol. The lowest BCUT2D eigenvalue weighted by Gasteiger charge is -2.36. The zero-order valence-corrected chi connectivity index (χ0v) is 13.1. The highest BCUT2D eigenvalue weighted by Gasteiger charge is 2.28. The lowest BCUT2D eigenvalue weighted by atomic mass is 9.99. The molecule has 120 valence electrons. The Morgan fingerprint density at radius 1 is 1.26 bits per heavy atom. The SMILES string of the molecule is O=C(c1ccc2c(c1)COC2)N1CCCCC1Cn1cccn1. The molecule has 0 aliphatic carbocycles. The topological polar surface area (TPSA) is 47.4 Å². The van der Waals surface area contributed by atoms with Crippen LogP contribution in [0.4, 0.5) is 0 Å². The van der Waals surface area contributed by atoms with E-state index in [-0.39, 0.29) is 11.9 Å². The van der Waals surface area contributed by atoms with Crippen molar-refractivity contribution in [2.75, 3.05) is 6.54 Å². The van der Waals surface area contributed by atoms with Gasteiger partial charge in [0.1, 0.15) is 0 Å². The third-order valence-electron chi connectivity index (χ3n) is 4.81. The number of fused-ring (bicyclic) bond motifs is 1. The van der Waals surface area contributed by atoms with Crippen molar-refractivity contribution in [2.45, 2.75) is 45.1 Å². The highest BCUT2D eigenvalue weighted by molar-refractivity contribution is 5.94. The minimum absolute atomic E-state index is 0.136. The molecule has 1 amide bonds. The summed E-state index contributed by atoms with van der Waals surface area (Å²) in [4.78, 5) is 15.0. The van der Waals surface area contributed by atoms with E-state index in [1.54, 1.807) is 6.20 Å². The quantitative estimate of drug-likeness (QED) is 0.875. The summed E-state index contributed by atoms with van der Waals surface area (Å²) in [5.41, 5.74) is 3.13. The van der Waals surface area contributed by atoms with E-state index in [4.69, 9.17) is 4.74 Å². The third-order valence-corrected chi connectivity index (χ3v) is 4.81. The van der Waals surface area contributed by atoms with Gasteiger partial charge in [-0.3, -0.25) is 9.48 Å². The molecule has 0 radical (unpaired) electrons. The van der Waals surface area contributed by atoms with E-state index >= 15 is 0 Å². The molecule has 2 aliphatic rings. The molecule has 5 heteroatoms. The zero-order valence-electron chi connectivity index (χ0n) is 13.1. The average molecular weight is 311 g/mol. The second-order valence-electron chi connectivity index (χ2n) is 6.35. The van der Waals surface area contributed by atoms with Gasteiger partial charge >= 0.3 is 0 Å². The number of carbonyl (C=O) groups is 1. The number of amides is 1. The summed E-state index contributed by atoms with van der Waals surface area (Å²) in [6, 6.07) is 8.12. The van der Waals surface area contributed by atoms with Crippen molar-refractivity contribution in [1.82, 2.24) is 14.7 Å². The van der Waals surface area contributed by atoms with E-state index in [1.165, 1.54) is 12.0 Å². The highest BCUT2D eigenvalue weighted by Crippen LogP contribution is 2.24. The molecular weight excluding hydrogens is 290 g/mol. The van der Waals surface area contributed by atoms with E-state index in [9.17, 15) is 4.79 Å². The molecule has 1 fully saturated rings. The number of likely N-dealkylation sites (tertiary alicyclic amines) is 1. The smallest absolute Gasteiger partial charge is 0.254 e. The number of aromatic nitrogens is 2. The molecule has 1 unspecified atom stereocenters. The Bertz CT molecular complexity index is 696. The van der Waals surface area contributed by atoms with Crippen LogP contribution in [-0.4, -0.2) is 33.2 Å². The van der Waals surface area contributed by atoms with Crippen molar-refractivity contribution in [2.24, 2.45) is 0 Å². The van der Waals surface area contributed by atoms with Gasteiger partial charge < -0.3 is 9.64 Å². The van der Waals surface area contributed by atoms with Crippen molar-refractivity contribution < 1.29 is 9.53 Å². The maximum Gasteiger partial charge on any atom is 0.254 e. The summed E-state index contributed by atoms with van der Waals surface area (Å²) in [6.07, 6.45) is 7.04. The number of benzene rings is 1.